The zero-order valence-corrected chi connectivity index (χ0v) is 10.5. The van der Waals surface area contributed by atoms with Crippen LogP contribution in [0.5, 0.6) is 5.75 Å². The van der Waals surface area contributed by atoms with Gasteiger partial charge in [0.1, 0.15) is 5.75 Å². The van der Waals surface area contributed by atoms with E-state index >= 15 is 0 Å². The van der Waals surface area contributed by atoms with Crippen molar-refractivity contribution in [3.05, 3.63) is 28.2 Å². The van der Waals surface area contributed by atoms with Crippen molar-refractivity contribution in [3.8, 4) is 5.75 Å². The van der Waals surface area contributed by atoms with Gasteiger partial charge in [0.2, 0.25) is 0 Å². The van der Waals surface area contributed by atoms with E-state index in [0.29, 0.717) is 15.8 Å². The Labute approximate surface area is 104 Å². The van der Waals surface area contributed by atoms with Gasteiger partial charge in [-0.1, -0.05) is 23.2 Å². The first-order valence-corrected chi connectivity index (χ1v) is 5.28. The molecule has 1 aromatic carbocycles. The second-order valence-corrected chi connectivity index (χ2v) is 4.20. The van der Waals surface area contributed by atoms with Gasteiger partial charge in [0.05, 0.1) is 0 Å². The molecule has 1 rings (SSSR count). The first kappa shape index (κ1) is 13.1. The fraction of sp³-hybridized carbons (Fsp3) is 0.300. The second kappa shape index (κ2) is 5.94. The van der Waals surface area contributed by atoms with E-state index in [1.165, 1.54) is 5.01 Å². The van der Waals surface area contributed by atoms with Crippen LogP contribution < -0.4 is 10.2 Å². The minimum Gasteiger partial charge on any atom is -0.484 e. The molecule has 0 saturated carbocycles. The average Bonchev–Trinajstić information content (AvgIpc) is 2.12. The van der Waals surface area contributed by atoms with Crippen molar-refractivity contribution in [1.29, 1.82) is 0 Å². The normalized spacial score (nSPS) is 10.3. The van der Waals surface area contributed by atoms with E-state index in [0.717, 1.165) is 0 Å². The quantitative estimate of drug-likeness (QED) is 0.844. The van der Waals surface area contributed by atoms with Crippen molar-refractivity contribution in [3.63, 3.8) is 0 Å². The largest absolute Gasteiger partial charge is 0.484 e. The van der Waals surface area contributed by atoms with Crippen LogP contribution in [0.3, 0.4) is 0 Å². The van der Waals surface area contributed by atoms with Crippen LogP contribution >= 0.6 is 23.2 Å². The van der Waals surface area contributed by atoms with Crippen LogP contribution in [0.1, 0.15) is 0 Å². The van der Waals surface area contributed by atoms with Gasteiger partial charge in [0.15, 0.2) is 6.61 Å². The molecule has 0 aromatic heterocycles. The number of rotatable bonds is 4. The third-order valence-corrected chi connectivity index (χ3v) is 1.99. The molecule has 1 amide bonds. The summed E-state index contributed by atoms with van der Waals surface area (Å²) < 4.78 is 5.22. The monoisotopic (exact) mass is 262 g/mol. The highest BCUT2D eigenvalue weighted by atomic mass is 35.5. The Morgan fingerprint density at radius 3 is 2.38 bits per heavy atom. The van der Waals surface area contributed by atoms with Gasteiger partial charge in [0, 0.05) is 24.1 Å². The SMILES string of the molecule is CN(C)NC(=O)COc1cc(Cl)cc(Cl)c1. The van der Waals surface area contributed by atoms with E-state index in [4.69, 9.17) is 27.9 Å². The standard InChI is InChI=1S/C10H12Cl2N2O2/c1-14(2)13-10(15)6-16-9-4-7(11)3-8(12)5-9/h3-5H,6H2,1-2H3,(H,13,15). The molecule has 1 aromatic rings. The molecule has 1 N–H and O–H groups in total. The van der Waals surface area contributed by atoms with E-state index in [1.54, 1.807) is 32.3 Å². The van der Waals surface area contributed by atoms with Crippen LogP contribution in [0.15, 0.2) is 18.2 Å². The Hall–Kier alpha value is -0.970. The molecule has 0 saturated heterocycles. The van der Waals surface area contributed by atoms with Crippen LogP contribution in [-0.4, -0.2) is 31.6 Å². The molecule has 4 nitrogen and oxygen atoms in total. The van der Waals surface area contributed by atoms with E-state index < -0.39 is 0 Å². The van der Waals surface area contributed by atoms with Crippen LogP contribution in [0.25, 0.3) is 0 Å². The summed E-state index contributed by atoms with van der Waals surface area (Å²) in [5, 5.41) is 2.47. The molecule has 0 heterocycles. The molecule has 0 aliphatic rings. The number of carbonyl (C=O) groups excluding carboxylic acids is 1. The van der Waals surface area contributed by atoms with Crippen molar-refractivity contribution in [2.75, 3.05) is 20.7 Å². The highest BCUT2D eigenvalue weighted by Gasteiger charge is 2.04. The van der Waals surface area contributed by atoms with Crippen molar-refractivity contribution in [2.24, 2.45) is 0 Å². The van der Waals surface area contributed by atoms with Crippen molar-refractivity contribution < 1.29 is 9.53 Å². The van der Waals surface area contributed by atoms with E-state index in [1.807, 2.05) is 0 Å². The number of amides is 1. The first-order valence-electron chi connectivity index (χ1n) is 4.53. The summed E-state index contributed by atoms with van der Waals surface area (Å²) in [6.45, 7) is -0.0884. The Morgan fingerprint density at radius 1 is 1.31 bits per heavy atom. The number of carbonyl (C=O) groups is 1. The predicted octanol–water partition coefficient (Wildman–Crippen LogP) is 1.96. The fourth-order valence-electron chi connectivity index (χ4n) is 1.04. The molecule has 0 spiro atoms. The van der Waals surface area contributed by atoms with Gasteiger partial charge >= 0.3 is 0 Å². The smallest absolute Gasteiger partial charge is 0.272 e. The summed E-state index contributed by atoms with van der Waals surface area (Å²) in [7, 11) is 3.43. The summed E-state index contributed by atoms with van der Waals surface area (Å²) in [5.74, 6) is 0.215. The van der Waals surface area contributed by atoms with Crippen molar-refractivity contribution in [1.82, 2.24) is 10.4 Å². The maximum atomic E-state index is 11.3. The minimum absolute atomic E-state index is 0.0884. The summed E-state index contributed by atoms with van der Waals surface area (Å²) in [4.78, 5) is 11.3. The average molecular weight is 263 g/mol. The number of hydrogen-bond acceptors (Lipinski definition) is 3. The van der Waals surface area contributed by atoms with Crippen LogP contribution in [0.4, 0.5) is 0 Å². The molecule has 0 bridgehead atoms. The highest BCUT2D eigenvalue weighted by molar-refractivity contribution is 6.34. The maximum Gasteiger partial charge on any atom is 0.272 e. The lowest BCUT2D eigenvalue weighted by Crippen LogP contribution is -2.39. The Morgan fingerprint density at radius 2 is 1.88 bits per heavy atom. The summed E-state index contributed by atoms with van der Waals surface area (Å²) >= 11 is 11.6. The number of halogens is 2. The second-order valence-electron chi connectivity index (χ2n) is 3.32. The third kappa shape index (κ3) is 4.70. The molecule has 88 valence electrons. The summed E-state index contributed by atoms with van der Waals surface area (Å²) in [6, 6.07) is 4.78. The Kier molecular flexibility index (Phi) is 4.86. The Balaban J connectivity index is 2.51. The summed E-state index contributed by atoms with van der Waals surface area (Å²) in [6.07, 6.45) is 0. The lowest BCUT2D eigenvalue weighted by molar-refractivity contribution is -0.126. The van der Waals surface area contributed by atoms with Gasteiger partial charge in [-0.2, -0.15) is 0 Å². The molecular formula is C10H12Cl2N2O2. The highest BCUT2D eigenvalue weighted by Crippen LogP contribution is 2.23. The van der Waals surface area contributed by atoms with Crippen molar-refractivity contribution in [2.45, 2.75) is 0 Å². The lowest BCUT2D eigenvalue weighted by atomic mass is 10.3. The summed E-state index contributed by atoms with van der Waals surface area (Å²) in [5.41, 5.74) is 2.55. The van der Waals surface area contributed by atoms with Gasteiger partial charge in [-0.05, 0) is 18.2 Å². The molecule has 16 heavy (non-hydrogen) atoms. The molecule has 0 unspecified atom stereocenters. The van der Waals surface area contributed by atoms with Crippen LogP contribution in [-0.2, 0) is 4.79 Å². The number of nitrogens with zero attached hydrogens (tertiary/aromatic N) is 1. The maximum absolute atomic E-state index is 11.3. The van der Waals surface area contributed by atoms with Gasteiger partial charge in [-0.25, -0.2) is 5.01 Å². The Bertz CT molecular complexity index is 363. The molecule has 0 aliphatic carbocycles. The van der Waals surface area contributed by atoms with Gasteiger partial charge < -0.3 is 4.74 Å². The van der Waals surface area contributed by atoms with Gasteiger partial charge in [-0.3, -0.25) is 10.2 Å². The lowest BCUT2D eigenvalue weighted by Gasteiger charge is -2.12. The van der Waals surface area contributed by atoms with E-state index in [2.05, 4.69) is 5.43 Å². The van der Waals surface area contributed by atoms with Gasteiger partial charge in [0.25, 0.3) is 5.91 Å². The first-order chi connectivity index (χ1) is 7.47. The van der Waals surface area contributed by atoms with Crippen molar-refractivity contribution >= 4 is 29.1 Å². The molecule has 6 heteroatoms. The predicted molar refractivity (Wildman–Crippen MR) is 63.8 cm³/mol. The van der Waals surface area contributed by atoms with E-state index in [9.17, 15) is 4.79 Å². The molecule has 0 fully saturated rings. The zero-order valence-electron chi connectivity index (χ0n) is 8.96. The van der Waals surface area contributed by atoms with Gasteiger partial charge in [-0.15, -0.1) is 0 Å². The van der Waals surface area contributed by atoms with Crippen LogP contribution in [0.2, 0.25) is 10.0 Å². The number of hydrogen-bond donors (Lipinski definition) is 1. The van der Waals surface area contributed by atoms with Crippen LogP contribution in [0, 0.1) is 0 Å². The zero-order chi connectivity index (χ0) is 12.1. The molecule has 0 radical (unpaired) electrons. The number of benzene rings is 1. The molecule has 0 aliphatic heterocycles. The molecular weight excluding hydrogens is 251 g/mol. The third-order valence-electron chi connectivity index (χ3n) is 1.55. The minimum atomic E-state index is -0.249. The number of nitrogens with one attached hydrogen (secondary N) is 1. The number of hydrazine groups is 1. The fourth-order valence-corrected chi connectivity index (χ4v) is 1.55. The topological polar surface area (TPSA) is 41.6 Å². The number of ether oxygens (including phenoxy) is 1. The molecule has 0 atom stereocenters. The van der Waals surface area contributed by atoms with E-state index in [-0.39, 0.29) is 12.5 Å².